The summed E-state index contributed by atoms with van der Waals surface area (Å²) in [4.78, 5) is 38.7. The van der Waals surface area contributed by atoms with Crippen molar-refractivity contribution >= 4 is 11.8 Å². The fourth-order valence-corrected chi connectivity index (χ4v) is 1.51. The molecule has 0 fully saturated rings. The van der Waals surface area contributed by atoms with E-state index >= 15 is 0 Å². The van der Waals surface area contributed by atoms with Crippen molar-refractivity contribution < 1.29 is 9.59 Å². The molecule has 0 radical (unpaired) electrons. The minimum Gasteiger partial charge on any atom is -0.351 e. The van der Waals surface area contributed by atoms with Gasteiger partial charge in [0.05, 0.1) is 12.4 Å². The van der Waals surface area contributed by atoms with E-state index in [0.29, 0.717) is 19.5 Å². The first-order valence-electron chi connectivity index (χ1n) is 6.36. The van der Waals surface area contributed by atoms with Crippen molar-refractivity contribution in [1.82, 2.24) is 30.6 Å². The normalized spacial score (nSPS) is 9.90. The Hall–Kier alpha value is -2.90. The number of hydrogen-bond donors (Lipinski definition) is 2. The Kier molecular flexibility index (Phi) is 5.27. The molecule has 0 atom stereocenters. The zero-order valence-corrected chi connectivity index (χ0v) is 11.2. The van der Waals surface area contributed by atoms with Crippen LogP contribution >= 0.6 is 0 Å². The first-order chi connectivity index (χ1) is 10.3. The molecular formula is C13H14N6O2. The van der Waals surface area contributed by atoms with E-state index in [4.69, 9.17) is 0 Å². The second kappa shape index (κ2) is 7.63. The SMILES string of the molecule is O=C(NCCCNC(=O)c1cnccn1)c1cnccn1. The Balaban J connectivity index is 1.64. The van der Waals surface area contributed by atoms with Gasteiger partial charge in [0.15, 0.2) is 0 Å². The predicted molar refractivity (Wildman–Crippen MR) is 73.3 cm³/mol. The van der Waals surface area contributed by atoms with Crippen molar-refractivity contribution in [2.45, 2.75) is 6.42 Å². The highest BCUT2D eigenvalue weighted by Gasteiger charge is 2.07. The summed E-state index contributed by atoms with van der Waals surface area (Å²) >= 11 is 0. The minimum absolute atomic E-state index is 0.265. The summed E-state index contributed by atoms with van der Waals surface area (Å²) in [6.07, 6.45) is 9.29. The molecule has 0 saturated carbocycles. The number of rotatable bonds is 6. The third-order valence-corrected chi connectivity index (χ3v) is 2.52. The Morgan fingerprint density at radius 2 is 1.29 bits per heavy atom. The lowest BCUT2D eigenvalue weighted by molar-refractivity contribution is 0.0946. The van der Waals surface area contributed by atoms with Crippen LogP contribution in [0.25, 0.3) is 0 Å². The van der Waals surface area contributed by atoms with Gasteiger partial charge in [0.1, 0.15) is 11.4 Å². The van der Waals surface area contributed by atoms with E-state index in [0.717, 1.165) is 0 Å². The van der Waals surface area contributed by atoms with Crippen molar-refractivity contribution in [3.8, 4) is 0 Å². The lowest BCUT2D eigenvalue weighted by Gasteiger charge is -2.05. The van der Waals surface area contributed by atoms with Crippen LogP contribution in [0.4, 0.5) is 0 Å². The van der Waals surface area contributed by atoms with E-state index in [1.54, 1.807) is 0 Å². The summed E-state index contributed by atoms with van der Waals surface area (Å²) in [5.41, 5.74) is 0.530. The van der Waals surface area contributed by atoms with Crippen molar-refractivity contribution in [2.75, 3.05) is 13.1 Å². The number of hydrogen-bond acceptors (Lipinski definition) is 6. The van der Waals surface area contributed by atoms with Crippen molar-refractivity contribution in [1.29, 1.82) is 0 Å². The standard InChI is InChI=1S/C13H14N6O2/c20-12(10-8-14-4-6-16-10)18-2-1-3-19-13(21)11-9-15-5-7-17-11/h4-9H,1-3H2,(H,18,20)(H,19,21). The molecule has 0 aliphatic carbocycles. The van der Waals surface area contributed by atoms with Gasteiger partial charge >= 0.3 is 0 Å². The van der Waals surface area contributed by atoms with Gasteiger partial charge in [0.2, 0.25) is 0 Å². The van der Waals surface area contributed by atoms with E-state index < -0.39 is 0 Å². The van der Waals surface area contributed by atoms with Crippen LogP contribution in [0, 0.1) is 0 Å². The third kappa shape index (κ3) is 4.60. The molecule has 8 heteroatoms. The Labute approximate surface area is 121 Å². The van der Waals surface area contributed by atoms with E-state index in [2.05, 4.69) is 30.6 Å². The fourth-order valence-electron chi connectivity index (χ4n) is 1.51. The van der Waals surface area contributed by atoms with Gasteiger partial charge in [-0.25, -0.2) is 9.97 Å². The van der Waals surface area contributed by atoms with Gasteiger partial charge in [0, 0.05) is 37.9 Å². The molecule has 0 aromatic carbocycles. The first-order valence-corrected chi connectivity index (χ1v) is 6.36. The summed E-state index contributed by atoms with van der Waals surface area (Å²) in [7, 11) is 0. The number of carbonyl (C=O) groups is 2. The summed E-state index contributed by atoms with van der Waals surface area (Å²) in [5, 5.41) is 5.38. The van der Waals surface area contributed by atoms with Gasteiger partial charge in [0.25, 0.3) is 11.8 Å². The minimum atomic E-state index is -0.289. The molecule has 0 saturated heterocycles. The summed E-state index contributed by atoms with van der Waals surface area (Å²) in [5.74, 6) is -0.577. The predicted octanol–water partition coefficient (Wildman–Crippen LogP) is -0.184. The van der Waals surface area contributed by atoms with E-state index in [1.807, 2.05) is 0 Å². The van der Waals surface area contributed by atoms with Crippen LogP contribution < -0.4 is 10.6 Å². The second-order valence-corrected chi connectivity index (χ2v) is 4.05. The Morgan fingerprint density at radius 3 is 1.67 bits per heavy atom. The molecule has 0 aliphatic heterocycles. The topological polar surface area (TPSA) is 110 Å². The van der Waals surface area contributed by atoms with Gasteiger partial charge in [-0.1, -0.05) is 0 Å². The van der Waals surface area contributed by atoms with Crippen molar-refractivity contribution in [2.24, 2.45) is 0 Å². The molecule has 108 valence electrons. The van der Waals surface area contributed by atoms with Gasteiger partial charge in [-0.05, 0) is 6.42 Å². The molecule has 0 spiro atoms. The monoisotopic (exact) mass is 286 g/mol. The van der Waals surface area contributed by atoms with Crippen LogP contribution in [0.5, 0.6) is 0 Å². The molecule has 2 aromatic rings. The van der Waals surface area contributed by atoms with Crippen LogP contribution in [-0.2, 0) is 0 Å². The highest BCUT2D eigenvalue weighted by molar-refractivity contribution is 5.92. The lowest BCUT2D eigenvalue weighted by Crippen LogP contribution is -2.30. The van der Waals surface area contributed by atoms with Crippen LogP contribution in [0.15, 0.2) is 37.2 Å². The van der Waals surface area contributed by atoms with E-state index in [1.165, 1.54) is 37.2 Å². The quantitative estimate of drug-likeness (QED) is 0.713. The van der Waals surface area contributed by atoms with Gasteiger partial charge in [-0.2, -0.15) is 0 Å². The maximum Gasteiger partial charge on any atom is 0.271 e. The molecule has 2 rings (SSSR count). The average molecular weight is 286 g/mol. The third-order valence-electron chi connectivity index (χ3n) is 2.52. The van der Waals surface area contributed by atoms with Gasteiger partial charge in [-0.15, -0.1) is 0 Å². The molecule has 0 bridgehead atoms. The van der Waals surface area contributed by atoms with Crippen LogP contribution in [0.3, 0.4) is 0 Å². The van der Waals surface area contributed by atoms with Gasteiger partial charge in [-0.3, -0.25) is 19.6 Å². The lowest BCUT2D eigenvalue weighted by atomic mass is 10.3. The van der Waals surface area contributed by atoms with Crippen molar-refractivity contribution in [3.05, 3.63) is 48.6 Å². The highest BCUT2D eigenvalue weighted by Crippen LogP contribution is 1.91. The summed E-state index contributed by atoms with van der Waals surface area (Å²) in [6.45, 7) is 0.853. The smallest absolute Gasteiger partial charge is 0.271 e. The Bertz CT molecular complexity index is 537. The number of aromatic nitrogens is 4. The average Bonchev–Trinajstić information content (AvgIpc) is 2.55. The van der Waals surface area contributed by atoms with Crippen LogP contribution in [0.1, 0.15) is 27.4 Å². The molecule has 2 N–H and O–H groups in total. The van der Waals surface area contributed by atoms with Crippen LogP contribution in [0.2, 0.25) is 0 Å². The zero-order valence-electron chi connectivity index (χ0n) is 11.2. The van der Waals surface area contributed by atoms with Crippen LogP contribution in [-0.4, -0.2) is 44.8 Å². The van der Waals surface area contributed by atoms with E-state index in [-0.39, 0.29) is 23.2 Å². The van der Waals surface area contributed by atoms with E-state index in [9.17, 15) is 9.59 Å². The molecule has 0 unspecified atom stereocenters. The number of amides is 2. The number of carbonyl (C=O) groups excluding carboxylic acids is 2. The fraction of sp³-hybridized carbons (Fsp3) is 0.231. The molecule has 2 heterocycles. The van der Waals surface area contributed by atoms with Gasteiger partial charge < -0.3 is 10.6 Å². The molecule has 2 amide bonds. The first kappa shape index (κ1) is 14.5. The molecule has 8 nitrogen and oxygen atoms in total. The maximum atomic E-state index is 11.6. The molecule has 0 aliphatic rings. The second-order valence-electron chi connectivity index (χ2n) is 4.05. The summed E-state index contributed by atoms with van der Waals surface area (Å²) < 4.78 is 0. The maximum absolute atomic E-state index is 11.6. The highest BCUT2D eigenvalue weighted by atomic mass is 16.2. The summed E-state index contributed by atoms with van der Waals surface area (Å²) in [6, 6.07) is 0. The Morgan fingerprint density at radius 1 is 0.810 bits per heavy atom. The largest absolute Gasteiger partial charge is 0.351 e. The number of nitrogens with zero attached hydrogens (tertiary/aromatic N) is 4. The number of nitrogens with one attached hydrogen (secondary N) is 2. The van der Waals surface area contributed by atoms with Crippen molar-refractivity contribution in [3.63, 3.8) is 0 Å². The molecule has 2 aromatic heterocycles. The zero-order chi connectivity index (χ0) is 14.9. The molecular weight excluding hydrogens is 272 g/mol. The molecule has 21 heavy (non-hydrogen) atoms.